The van der Waals surface area contributed by atoms with Crippen LogP contribution in [0.25, 0.3) is 0 Å². The molecule has 6 nitrogen and oxygen atoms in total. The lowest BCUT2D eigenvalue weighted by atomic mass is 10.1. The maximum Gasteiger partial charge on any atom is 0.271 e. The van der Waals surface area contributed by atoms with E-state index in [-0.39, 0.29) is 28.3 Å². The number of nitro benzene ring substituents is 1. The molecule has 0 radical (unpaired) electrons. The lowest BCUT2D eigenvalue weighted by Gasteiger charge is -2.29. The summed E-state index contributed by atoms with van der Waals surface area (Å²) in [6.45, 7) is 0.890. The van der Waals surface area contributed by atoms with Crippen LogP contribution in [0, 0.1) is 10.1 Å². The van der Waals surface area contributed by atoms with Crippen molar-refractivity contribution in [1.82, 2.24) is 4.90 Å². The van der Waals surface area contributed by atoms with Gasteiger partial charge in [-0.3, -0.25) is 14.9 Å². The third kappa shape index (κ3) is 3.21. The number of aliphatic hydroxyl groups is 1. The van der Waals surface area contributed by atoms with Gasteiger partial charge < -0.3 is 10.0 Å². The molecule has 1 aliphatic heterocycles. The first kappa shape index (κ1) is 13.8. The van der Waals surface area contributed by atoms with E-state index < -0.39 is 4.92 Å². The molecular weight excluding hydrogens is 272 g/mol. The predicted octanol–water partition coefficient (Wildman–Crippen LogP) is 1.85. The van der Waals surface area contributed by atoms with E-state index in [2.05, 4.69) is 0 Å². The Morgan fingerprint density at radius 3 is 2.58 bits per heavy atom. The van der Waals surface area contributed by atoms with Gasteiger partial charge in [-0.2, -0.15) is 0 Å². The number of nitro groups is 1. The molecule has 102 valence electrons. The van der Waals surface area contributed by atoms with E-state index in [1.165, 1.54) is 18.2 Å². The fourth-order valence-corrected chi connectivity index (χ4v) is 2.28. The number of carbonyl (C=O) groups is 1. The lowest BCUT2D eigenvalue weighted by molar-refractivity contribution is -0.384. The summed E-state index contributed by atoms with van der Waals surface area (Å²) < 4.78 is 0. The molecule has 0 spiro atoms. The Labute approximate surface area is 114 Å². The molecule has 0 saturated carbocycles. The molecule has 0 bridgehead atoms. The van der Waals surface area contributed by atoms with Crippen molar-refractivity contribution in [2.75, 3.05) is 13.1 Å². The number of halogens is 1. The van der Waals surface area contributed by atoms with Crippen LogP contribution in [0.1, 0.15) is 23.2 Å². The summed E-state index contributed by atoms with van der Waals surface area (Å²) in [6.07, 6.45) is 0.667. The number of hydrogen-bond acceptors (Lipinski definition) is 4. The van der Waals surface area contributed by atoms with E-state index >= 15 is 0 Å². The predicted molar refractivity (Wildman–Crippen MR) is 69.3 cm³/mol. The number of aliphatic hydroxyl groups excluding tert-OH is 1. The Morgan fingerprint density at radius 1 is 1.37 bits per heavy atom. The van der Waals surface area contributed by atoms with Crippen molar-refractivity contribution in [1.29, 1.82) is 0 Å². The summed E-state index contributed by atoms with van der Waals surface area (Å²) in [5.74, 6) is -0.294. The molecule has 1 N–H and O–H groups in total. The second kappa shape index (κ2) is 5.54. The van der Waals surface area contributed by atoms with Crippen molar-refractivity contribution in [2.24, 2.45) is 0 Å². The van der Waals surface area contributed by atoms with Crippen LogP contribution in [0.15, 0.2) is 18.2 Å². The van der Waals surface area contributed by atoms with Crippen LogP contribution in [0.2, 0.25) is 5.02 Å². The van der Waals surface area contributed by atoms with Crippen LogP contribution in [-0.2, 0) is 0 Å². The summed E-state index contributed by atoms with van der Waals surface area (Å²) in [5.41, 5.74) is 0.00323. The summed E-state index contributed by atoms with van der Waals surface area (Å²) in [6, 6.07) is 3.85. The molecule has 1 aromatic carbocycles. The molecule has 1 amide bonds. The number of piperidine rings is 1. The first-order chi connectivity index (χ1) is 8.97. The van der Waals surface area contributed by atoms with Crippen LogP contribution in [0.5, 0.6) is 0 Å². The van der Waals surface area contributed by atoms with Crippen LogP contribution in [0.3, 0.4) is 0 Å². The Bertz CT molecular complexity index is 512. The van der Waals surface area contributed by atoms with Gasteiger partial charge in [-0.15, -0.1) is 0 Å². The van der Waals surface area contributed by atoms with E-state index in [0.717, 1.165) is 0 Å². The second-order valence-electron chi connectivity index (χ2n) is 4.48. The zero-order valence-electron chi connectivity index (χ0n) is 10.1. The fraction of sp³-hybridized carbons (Fsp3) is 0.417. The van der Waals surface area contributed by atoms with Crippen molar-refractivity contribution < 1.29 is 14.8 Å². The number of likely N-dealkylation sites (tertiary alicyclic amines) is 1. The van der Waals surface area contributed by atoms with Crippen LogP contribution in [0.4, 0.5) is 5.69 Å². The van der Waals surface area contributed by atoms with Gasteiger partial charge >= 0.3 is 0 Å². The molecule has 0 aliphatic carbocycles. The van der Waals surface area contributed by atoms with Crippen LogP contribution in [-0.4, -0.2) is 40.0 Å². The Balaban J connectivity index is 2.21. The van der Waals surface area contributed by atoms with Gasteiger partial charge in [0.25, 0.3) is 11.6 Å². The quantitative estimate of drug-likeness (QED) is 0.663. The number of carbonyl (C=O) groups excluding carboxylic acids is 1. The third-order valence-electron chi connectivity index (χ3n) is 3.09. The van der Waals surface area contributed by atoms with E-state index in [0.29, 0.717) is 25.9 Å². The summed E-state index contributed by atoms with van der Waals surface area (Å²) in [4.78, 5) is 23.9. The second-order valence-corrected chi connectivity index (χ2v) is 4.92. The minimum Gasteiger partial charge on any atom is -0.393 e. The number of hydrogen-bond donors (Lipinski definition) is 1. The molecule has 1 fully saturated rings. The van der Waals surface area contributed by atoms with Crippen molar-refractivity contribution >= 4 is 23.2 Å². The number of benzene rings is 1. The monoisotopic (exact) mass is 284 g/mol. The minimum atomic E-state index is -0.581. The number of nitrogens with zero attached hydrogens (tertiary/aromatic N) is 2. The molecular formula is C12H13ClN2O4. The van der Waals surface area contributed by atoms with Gasteiger partial charge in [0.05, 0.1) is 11.0 Å². The normalized spacial score (nSPS) is 16.4. The molecule has 1 aliphatic rings. The standard InChI is InChI=1S/C12H13ClN2O4/c13-9-5-8(6-10(7-9)15(18)19)12(17)14-3-1-11(16)2-4-14/h5-7,11,16H,1-4H2. The van der Waals surface area contributed by atoms with Crippen molar-refractivity contribution in [3.8, 4) is 0 Å². The fourth-order valence-electron chi connectivity index (χ4n) is 2.05. The number of amides is 1. The molecule has 1 heterocycles. The molecule has 7 heteroatoms. The van der Waals surface area contributed by atoms with Crippen molar-refractivity contribution in [3.05, 3.63) is 38.9 Å². The SMILES string of the molecule is O=C(c1cc(Cl)cc([N+](=O)[O-])c1)N1CCC(O)CC1. The molecule has 2 rings (SSSR count). The highest BCUT2D eigenvalue weighted by atomic mass is 35.5. The highest BCUT2D eigenvalue weighted by Gasteiger charge is 2.23. The van der Waals surface area contributed by atoms with Gasteiger partial charge in [0.2, 0.25) is 0 Å². The summed E-state index contributed by atoms with van der Waals surface area (Å²) in [5, 5.41) is 20.3. The molecule has 0 atom stereocenters. The Hall–Kier alpha value is -1.66. The highest BCUT2D eigenvalue weighted by Crippen LogP contribution is 2.23. The van der Waals surface area contributed by atoms with E-state index in [1.54, 1.807) is 4.90 Å². The highest BCUT2D eigenvalue weighted by molar-refractivity contribution is 6.31. The Morgan fingerprint density at radius 2 is 2.00 bits per heavy atom. The largest absolute Gasteiger partial charge is 0.393 e. The van der Waals surface area contributed by atoms with Crippen LogP contribution < -0.4 is 0 Å². The van der Waals surface area contributed by atoms with Gasteiger partial charge in [0.15, 0.2) is 0 Å². The zero-order valence-corrected chi connectivity index (χ0v) is 10.8. The van der Waals surface area contributed by atoms with Gasteiger partial charge in [-0.05, 0) is 18.9 Å². The number of non-ortho nitro benzene ring substituents is 1. The average molecular weight is 285 g/mol. The molecule has 0 unspecified atom stereocenters. The van der Waals surface area contributed by atoms with Gasteiger partial charge in [-0.25, -0.2) is 0 Å². The van der Waals surface area contributed by atoms with E-state index in [9.17, 15) is 20.0 Å². The molecule has 0 aromatic heterocycles. The average Bonchev–Trinajstić information content (AvgIpc) is 2.38. The molecule has 1 saturated heterocycles. The first-order valence-corrected chi connectivity index (χ1v) is 6.27. The molecule has 19 heavy (non-hydrogen) atoms. The van der Waals surface area contributed by atoms with Gasteiger partial charge in [0, 0.05) is 35.8 Å². The van der Waals surface area contributed by atoms with Gasteiger partial charge in [-0.1, -0.05) is 11.6 Å². The summed E-state index contributed by atoms with van der Waals surface area (Å²) in [7, 11) is 0. The maximum atomic E-state index is 12.2. The van der Waals surface area contributed by atoms with Gasteiger partial charge in [0.1, 0.15) is 0 Å². The van der Waals surface area contributed by atoms with Crippen molar-refractivity contribution in [3.63, 3.8) is 0 Å². The smallest absolute Gasteiger partial charge is 0.271 e. The zero-order chi connectivity index (χ0) is 14.0. The van der Waals surface area contributed by atoms with E-state index in [1.807, 2.05) is 0 Å². The Kier molecular flexibility index (Phi) is 4.01. The van der Waals surface area contributed by atoms with E-state index in [4.69, 9.17) is 11.6 Å². The first-order valence-electron chi connectivity index (χ1n) is 5.89. The summed E-state index contributed by atoms with van der Waals surface area (Å²) >= 11 is 5.79. The van der Waals surface area contributed by atoms with Crippen molar-refractivity contribution in [2.45, 2.75) is 18.9 Å². The minimum absolute atomic E-state index is 0.162. The molecule has 1 aromatic rings. The third-order valence-corrected chi connectivity index (χ3v) is 3.31. The topological polar surface area (TPSA) is 83.7 Å². The van der Waals surface area contributed by atoms with Crippen LogP contribution >= 0.6 is 11.6 Å². The number of rotatable bonds is 2. The lowest BCUT2D eigenvalue weighted by Crippen LogP contribution is -2.40. The maximum absolute atomic E-state index is 12.2.